The highest BCUT2D eigenvalue weighted by atomic mass is 35.5. The van der Waals surface area contributed by atoms with Crippen LogP contribution in [0, 0.1) is 5.41 Å². The molecule has 1 aromatic carbocycles. The molecule has 0 radical (unpaired) electrons. The maximum absolute atomic E-state index is 7.44. The maximum Gasteiger partial charge on any atom is 0.252 e. The van der Waals surface area contributed by atoms with Crippen LogP contribution in [0.2, 0.25) is 0 Å². The molecule has 31 heavy (non-hydrogen) atoms. The zero-order valence-electron chi connectivity index (χ0n) is 18.8. The van der Waals surface area contributed by atoms with Gasteiger partial charge in [-0.1, -0.05) is 94.1 Å². The van der Waals surface area contributed by atoms with Crippen LogP contribution >= 0.6 is 12.4 Å². The number of aryl methyl sites for hydroxylation is 1. The molecule has 3 rings (SSSR count). The minimum Gasteiger partial charge on any atom is -0.370 e. The first-order valence-corrected chi connectivity index (χ1v) is 11.7. The summed E-state index contributed by atoms with van der Waals surface area (Å²) in [4.78, 5) is 4.53. The molecule has 1 aromatic heterocycles. The summed E-state index contributed by atoms with van der Waals surface area (Å²) >= 11 is 0. The minimum atomic E-state index is -0.438. The molecule has 0 amide bonds. The van der Waals surface area contributed by atoms with Gasteiger partial charge in [0.15, 0.2) is 5.96 Å². The fourth-order valence-corrected chi connectivity index (χ4v) is 3.95. The average Bonchev–Trinajstić information content (AvgIpc) is 3.33. The van der Waals surface area contributed by atoms with E-state index in [2.05, 4.69) is 46.6 Å². The number of unbranched alkanes of at least 4 members (excludes halogenated alkanes) is 9. The number of guanidine groups is 1. The van der Waals surface area contributed by atoms with E-state index >= 15 is 0 Å². The second-order valence-corrected chi connectivity index (χ2v) is 8.67. The van der Waals surface area contributed by atoms with Gasteiger partial charge in [-0.2, -0.15) is 4.98 Å². The maximum atomic E-state index is 7.44. The molecule has 1 aliphatic carbocycles. The monoisotopic (exact) mass is 447 g/mol. The molecule has 0 unspecified atom stereocenters. The molecule has 1 aliphatic rings. The van der Waals surface area contributed by atoms with Gasteiger partial charge in [-0.25, -0.2) is 0 Å². The van der Waals surface area contributed by atoms with Crippen LogP contribution < -0.4 is 11.1 Å². The van der Waals surface area contributed by atoms with Crippen LogP contribution in [0.25, 0.3) is 11.4 Å². The van der Waals surface area contributed by atoms with E-state index in [0.717, 1.165) is 24.8 Å². The molecule has 7 heteroatoms. The Bertz CT molecular complexity index is 786. The number of hydrogen-bond donors (Lipinski definition) is 3. The summed E-state index contributed by atoms with van der Waals surface area (Å²) in [5, 5.41) is 14.5. The second kappa shape index (κ2) is 12.7. The van der Waals surface area contributed by atoms with Crippen molar-refractivity contribution in [1.82, 2.24) is 15.5 Å². The van der Waals surface area contributed by atoms with Crippen molar-refractivity contribution in [2.45, 2.75) is 95.9 Å². The quantitative estimate of drug-likeness (QED) is 0.184. The van der Waals surface area contributed by atoms with Crippen molar-refractivity contribution in [3.05, 3.63) is 35.7 Å². The lowest BCUT2D eigenvalue weighted by atomic mass is 10.0. The van der Waals surface area contributed by atoms with E-state index in [-0.39, 0.29) is 18.4 Å². The van der Waals surface area contributed by atoms with E-state index in [1.54, 1.807) is 0 Å². The Morgan fingerprint density at radius 2 is 1.58 bits per heavy atom. The highest BCUT2D eigenvalue weighted by molar-refractivity contribution is 5.85. The predicted molar refractivity (Wildman–Crippen MR) is 128 cm³/mol. The molecule has 0 saturated heterocycles. The first-order chi connectivity index (χ1) is 14.6. The molecule has 0 atom stereocenters. The summed E-state index contributed by atoms with van der Waals surface area (Å²) in [7, 11) is 0. The van der Waals surface area contributed by atoms with Crippen molar-refractivity contribution < 1.29 is 4.52 Å². The Balaban J connectivity index is 0.00000341. The normalized spacial score (nSPS) is 14.1. The van der Waals surface area contributed by atoms with Gasteiger partial charge in [0.05, 0.1) is 0 Å². The van der Waals surface area contributed by atoms with Crippen LogP contribution in [0.3, 0.4) is 0 Å². The summed E-state index contributed by atoms with van der Waals surface area (Å²) < 4.78 is 5.44. The van der Waals surface area contributed by atoms with Crippen molar-refractivity contribution in [3.63, 3.8) is 0 Å². The topological polar surface area (TPSA) is 101 Å². The van der Waals surface area contributed by atoms with Gasteiger partial charge in [0.25, 0.3) is 5.89 Å². The molecule has 1 saturated carbocycles. The minimum absolute atomic E-state index is 0. The first kappa shape index (κ1) is 25.2. The molecular weight excluding hydrogens is 410 g/mol. The largest absolute Gasteiger partial charge is 0.370 e. The van der Waals surface area contributed by atoms with E-state index in [0.29, 0.717) is 11.7 Å². The Hall–Kier alpha value is -2.08. The molecule has 6 nitrogen and oxygen atoms in total. The van der Waals surface area contributed by atoms with Crippen LogP contribution in [0.4, 0.5) is 0 Å². The Morgan fingerprint density at radius 1 is 1.00 bits per heavy atom. The molecular formula is C24H38ClN5O. The van der Waals surface area contributed by atoms with Crippen LogP contribution in [0.1, 0.15) is 95.4 Å². The number of hydrogen-bond acceptors (Lipinski definition) is 4. The van der Waals surface area contributed by atoms with Gasteiger partial charge in [0.1, 0.15) is 5.54 Å². The van der Waals surface area contributed by atoms with Crippen molar-refractivity contribution >= 4 is 18.4 Å². The van der Waals surface area contributed by atoms with Gasteiger partial charge in [0.2, 0.25) is 5.82 Å². The Morgan fingerprint density at radius 3 is 2.13 bits per heavy atom. The molecule has 1 heterocycles. The number of nitrogens with two attached hydrogens (primary N) is 1. The van der Waals surface area contributed by atoms with E-state index in [1.807, 2.05) is 0 Å². The Labute approximate surface area is 192 Å². The molecule has 0 aliphatic heterocycles. The van der Waals surface area contributed by atoms with Crippen molar-refractivity contribution in [1.29, 1.82) is 5.41 Å². The van der Waals surface area contributed by atoms with Crippen molar-refractivity contribution in [2.24, 2.45) is 5.73 Å². The van der Waals surface area contributed by atoms with Gasteiger partial charge in [0, 0.05) is 5.56 Å². The lowest BCUT2D eigenvalue weighted by Gasteiger charge is -2.11. The zero-order valence-corrected chi connectivity index (χ0v) is 19.6. The lowest BCUT2D eigenvalue weighted by molar-refractivity contribution is 0.336. The fraction of sp³-hybridized carbons (Fsp3) is 0.625. The van der Waals surface area contributed by atoms with E-state index in [9.17, 15) is 0 Å². The number of benzene rings is 1. The molecule has 1 fully saturated rings. The van der Waals surface area contributed by atoms with Gasteiger partial charge >= 0.3 is 0 Å². The predicted octanol–water partition coefficient (Wildman–Crippen LogP) is 6.09. The SMILES string of the molecule is CCCCCCCCCCCCc1ccc(-c2noc(C3(NC(=N)N)CC3)n2)cc1.Cl. The van der Waals surface area contributed by atoms with Gasteiger partial charge in [-0.15, -0.1) is 12.4 Å². The first-order valence-electron chi connectivity index (χ1n) is 11.7. The van der Waals surface area contributed by atoms with Crippen molar-refractivity contribution in [3.8, 4) is 11.4 Å². The van der Waals surface area contributed by atoms with Crippen LogP contribution in [-0.2, 0) is 12.0 Å². The summed E-state index contributed by atoms with van der Waals surface area (Å²) in [6.07, 6.45) is 16.5. The molecule has 0 spiro atoms. The molecule has 4 N–H and O–H groups in total. The smallest absolute Gasteiger partial charge is 0.252 e. The number of nitrogens with one attached hydrogen (secondary N) is 2. The average molecular weight is 448 g/mol. The van der Waals surface area contributed by atoms with Crippen molar-refractivity contribution in [2.75, 3.05) is 0 Å². The molecule has 0 bridgehead atoms. The van der Waals surface area contributed by atoms with Crippen LogP contribution in [0.5, 0.6) is 0 Å². The fourth-order valence-electron chi connectivity index (χ4n) is 3.95. The third-order valence-corrected chi connectivity index (χ3v) is 5.99. The summed E-state index contributed by atoms with van der Waals surface area (Å²) in [5.74, 6) is 1.04. The number of rotatable bonds is 14. The van der Waals surface area contributed by atoms with E-state index in [1.165, 1.54) is 69.8 Å². The van der Waals surface area contributed by atoms with Crippen LogP contribution in [-0.4, -0.2) is 16.1 Å². The highest BCUT2D eigenvalue weighted by Crippen LogP contribution is 2.44. The highest BCUT2D eigenvalue weighted by Gasteiger charge is 2.50. The number of aromatic nitrogens is 2. The van der Waals surface area contributed by atoms with Gasteiger partial charge in [-0.3, -0.25) is 5.41 Å². The summed E-state index contributed by atoms with van der Waals surface area (Å²) in [5.41, 5.74) is 7.35. The Kier molecular flexibility index (Phi) is 10.3. The number of halogens is 1. The zero-order chi connectivity index (χ0) is 21.2. The molecule has 172 valence electrons. The van der Waals surface area contributed by atoms with E-state index in [4.69, 9.17) is 15.7 Å². The van der Waals surface area contributed by atoms with E-state index < -0.39 is 5.54 Å². The number of nitrogens with zero attached hydrogens (tertiary/aromatic N) is 2. The van der Waals surface area contributed by atoms with Gasteiger partial charge in [-0.05, 0) is 31.2 Å². The summed E-state index contributed by atoms with van der Waals surface area (Å²) in [6, 6.07) is 8.47. The third-order valence-electron chi connectivity index (χ3n) is 5.99. The molecule has 2 aromatic rings. The standard InChI is InChI=1S/C24H37N5O.ClH/c1-2-3-4-5-6-7-8-9-10-11-12-19-13-15-20(16-14-19)21-27-22(30-29-21)24(17-18-24)28-23(25)26;/h13-16H,2-12,17-18H2,1H3,(H4,25,26,28);1H. The second-order valence-electron chi connectivity index (χ2n) is 8.67. The summed E-state index contributed by atoms with van der Waals surface area (Å²) in [6.45, 7) is 2.27. The third kappa shape index (κ3) is 7.84. The lowest BCUT2D eigenvalue weighted by Crippen LogP contribution is -2.39. The van der Waals surface area contributed by atoms with Gasteiger partial charge < -0.3 is 15.6 Å². The van der Waals surface area contributed by atoms with Crippen LogP contribution in [0.15, 0.2) is 28.8 Å².